The van der Waals surface area contributed by atoms with Crippen molar-refractivity contribution in [1.29, 1.82) is 0 Å². The molecule has 1 saturated carbocycles. The zero-order valence-electron chi connectivity index (χ0n) is 14.0. The van der Waals surface area contributed by atoms with Gasteiger partial charge in [-0.05, 0) is 23.4 Å². The van der Waals surface area contributed by atoms with Crippen molar-refractivity contribution in [3.05, 3.63) is 77.0 Å². The lowest BCUT2D eigenvalue weighted by atomic mass is 9.85. The lowest BCUT2D eigenvalue weighted by molar-refractivity contribution is -0.657. The van der Waals surface area contributed by atoms with E-state index in [4.69, 9.17) is 0 Å². The summed E-state index contributed by atoms with van der Waals surface area (Å²) < 4.78 is 0. The molecule has 0 radical (unpaired) electrons. The van der Waals surface area contributed by atoms with Crippen molar-refractivity contribution in [2.24, 2.45) is 0 Å². The van der Waals surface area contributed by atoms with Gasteiger partial charge in [0.15, 0.2) is 0 Å². The molecule has 0 aliphatic heterocycles. The Morgan fingerprint density at radius 2 is 1.50 bits per heavy atom. The average molecular weight is 346 g/mol. The van der Waals surface area contributed by atoms with E-state index >= 15 is 0 Å². The summed E-state index contributed by atoms with van der Waals surface area (Å²) in [5.41, 5.74) is 4.29. The van der Waals surface area contributed by atoms with Crippen molar-refractivity contribution >= 4 is 0 Å². The Balaban J connectivity index is 1.84. The van der Waals surface area contributed by atoms with Gasteiger partial charge in [-0.1, -0.05) is 48.5 Å². The molecule has 0 saturated heterocycles. The molecule has 3 aromatic rings. The molecule has 1 aromatic heterocycles. The highest BCUT2D eigenvalue weighted by atomic mass is 16.5. The van der Waals surface area contributed by atoms with Gasteiger partial charge in [0.2, 0.25) is 0 Å². The molecule has 2 N–H and O–H groups in total. The van der Waals surface area contributed by atoms with Crippen molar-refractivity contribution in [2.75, 3.05) is 0 Å². The largest absolute Gasteiger partial charge is 0.594 e. The van der Waals surface area contributed by atoms with E-state index in [9.17, 15) is 15.4 Å². The van der Waals surface area contributed by atoms with Crippen molar-refractivity contribution in [3.63, 3.8) is 0 Å². The Morgan fingerprint density at radius 1 is 0.885 bits per heavy atom. The van der Waals surface area contributed by atoms with Gasteiger partial charge in [0, 0.05) is 33.6 Å². The number of hydrogen-bond donors (Lipinski definition) is 2. The number of nitrogens with zero attached hydrogens (tertiary/aromatic N) is 2. The third-order valence-electron chi connectivity index (χ3n) is 5.67. The Kier molecular flexibility index (Phi) is 3.35. The van der Waals surface area contributed by atoms with Crippen LogP contribution >= 0.6 is 0 Å². The van der Waals surface area contributed by atoms with Crippen molar-refractivity contribution in [3.8, 4) is 22.5 Å². The van der Waals surface area contributed by atoms with Gasteiger partial charge in [-0.15, -0.1) is 0 Å². The standard InChI is InChI=1S/C21H18N2O3/c24-15-11-14-16-18(17(15)21(14)25)19(12-7-3-1-4-8-12)22-23(26)20(16)13-9-5-2-6-10-13/h1-10,14-15,17,21,24-25H,11H2/t14-,15+,17+,21?/m1/s1. The molecule has 26 heavy (non-hydrogen) atoms. The number of aliphatic hydroxyl groups excluding tert-OH is 2. The lowest BCUT2D eigenvalue weighted by Crippen LogP contribution is -2.37. The quantitative estimate of drug-likeness (QED) is 0.551. The molecular formula is C21H18N2O3. The maximum Gasteiger partial charge on any atom is 0.255 e. The Bertz CT molecular complexity index is 976. The van der Waals surface area contributed by atoms with Crippen LogP contribution in [0.3, 0.4) is 0 Å². The summed E-state index contributed by atoms with van der Waals surface area (Å²) in [4.78, 5) is 0.677. The fourth-order valence-electron chi connectivity index (χ4n) is 4.61. The molecule has 1 unspecified atom stereocenters. The van der Waals surface area contributed by atoms with Crippen LogP contribution < -0.4 is 4.85 Å². The van der Waals surface area contributed by atoms with Crippen molar-refractivity contribution in [2.45, 2.75) is 30.5 Å². The molecule has 4 atom stereocenters. The number of fused-ring (bicyclic) bond motifs is 5. The van der Waals surface area contributed by atoms with Gasteiger partial charge in [-0.3, -0.25) is 0 Å². The van der Waals surface area contributed by atoms with Crippen molar-refractivity contribution in [1.82, 2.24) is 5.10 Å². The van der Waals surface area contributed by atoms with Crippen LogP contribution in [0.25, 0.3) is 22.5 Å². The summed E-state index contributed by atoms with van der Waals surface area (Å²) >= 11 is 0. The summed E-state index contributed by atoms with van der Waals surface area (Å²) in [5.74, 6) is -0.646. The smallest absolute Gasteiger partial charge is 0.255 e. The zero-order valence-corrected chi connectivity index (χ0v) is 14.0. The van der Waals surface area contributed by atoms with E-state index in [1.54, 1.807) is 0 Å². The van der Waals surface area contributed by atoms with Crippen LogP contribution in [0.5, 0.6) is 0 Å². The average Bonchev–Trinajstić information content (AvgIpc) is 3.11. The van der Waals surface area contributed by atoms with Crippen molar-refractivity contribution < 1.29 is 15.1 Å². The number of aromatic nitrogens is 2. The van der Waals surface area contributed by atoms with Crippen LogP contribution in [-0.2, 0) is 0 Å². The SMILES string of the molecule is [O-][n+]1nc(-c2ccccc2)c2c(c1-c1ccccc1)[C@H]1C[C@H](O)[C@@H]2C1O. The first kappa shape index (κ1) is 15.5. The molecule has 5 heteroatoms. The first-order chi connectivity index (χ1) is 12.7. The van der Waals surface area contributed by atoms with Crippen LogP contribution in [0, 0.1) is 5.21 Å². The maximum atomic E-state index is 12.9. The lowest BCUT2D eigenvalue weighted by Gasteiger charge is -2.23. The van der Waals surface area contributed by atoms with Gasteiger partial charge < -0.3 is 15.4 Å². The predicted octanol–water partition coefficient (Wildman–Crippen LogP) is 2.36. The molecule has 2 aromatic carbocycles. The predicted molar refractivity (Wildman–Crippen MR) is 96.2 cm³/mol. The Labute approximate surface area is 150 Å². The summed E-state index contributed by atoms with van der Waals surface area (Å²) in [6, 6.07) is 18.9. The zero-order chi connectivity index (χ0) is 17.8. The van der Waals surface area contributed by atoms with Gasteiger partial charge in [-0.25, -0.2) is 0 Å². The molecule has 5 rings (SSSR count). The molecular weight excluding hydrogens is 328 g/mol. The summed E-state index contributed by atoms with van der Waals surface area (Å²) in [7, 11) is 0. The third kappa shape index (κ3) is 2.04. The second kappa shape index (κ2) is 5.62. The second-order valence-corrected chi connectivity index (χ2v) is 7.06. The first-order valence-corrected chi connectivity index (χ1v) is 8.81. The van der Waals surface area contributed by atoms with E-state index in [1.807, 2.05) is 60.7 Å². The van der Waals surface area contributed by atoms with Gasteiger partial charge in [0.1, 0.15) is 5.69 Å². The van der Waals surface area contributed by atoms with Gasteiger partial charge in [0.05, 0.1) is 17.8 Å². The fourth-order valence-corrected chi connectivity index (χ4v) is 4.61. The summed E-state index contributed by atoms with van der Waals surface area (Å²) in [5, 5.41) is 38.4. The number of benzene rings is 2. The van der Waals surface area contributed by atoms with E-state index in [2.05, 4.69) is 5.10 Å². The number of rotatable bonds is 2. The Morgan fingerprint density at radius 3 is 2.15 bits per heavy atom. The van der Waals surface area contributed by atoms with Gasteiger partial charge >= 0.3 is 0 Å². The highest BCUT2D eigenvalue weighted by molar-refractivity contribution is 5.74. The third-order valence-corrected chi connectivity index (χ3v) is 5.67. The minimum Gasteiger partial charge on any atom is -0.594 e. The molecule has 2 aliphatic carbocycles. The normalized spacial score (nSPS) is 26.1. The molecule has 2 aliphatic rings. The highest BCUT2D eigenvalue weighted by Gasteiger charge is 2.55. The second-order valence-electron chi connectivity index (χ2n) is 7.06. The van der Waals surface area contributed by atoms with Crippen LogP contribution in [0.4, 0.5) is 0 Å². The fraction of sp³-hybridized carbons (Fsp3) is 0.238. The summed E-state index contributed by atoms with van der Waals surface area (Å²) in [6.07, 6.45) is -0.830. The van der Waals surface area contributed by atoms with Crippen LogP contribution in [0.1, 0.15) is 29.4 Å². The first-order valence-electron chi connectivity index (χ1n) is 8.81. The molecule has 5 nitrogen and oxygen atoms in total. The van der Waals surface area contributed by atoms with Gasteiger partial charge in [0.25, 0.3) is 5.69 Å². The monoisotopic (exact) mass is 346 g/mol. The Hall–Kier alpha value is -2.76. The van der Waals surface area contributed by atoms with E-state index in [0.717, 1.165) is 22.3 Å². The minimum atomic E-state index is -0.686. The number of aliphatic hydroxyl groups is 2. The van der Waals surface area contributed by atoms with E-state index in [0.29, 0.717) is 22.7 Å². The van der Waals surface area contributed by atoms with E-state index in [1.165, 1.54) is 0 Å². The summed E-state index contributed by atoms with van der Waals surface area (Å²) in [6.45, 7) is 0. The van der Waals surface area contributed by atoms with E-state index in [-0.39, 0.29) is 5.92 Å². The molecule has 0 amide bonds. The van der Waals surface area contributed by atoms with Crippen LogP contribution in [0.15, 0.2) is 60.7 Å². The van der Waals surface area contributed by atoms with E-state index < -0.39 is 18.1 Å². The topological polar surface area (TPSA) is 80.3 Å². The molecule has 1 fully saturated rings. The molecule has 1 heterocycles. The molecule has 0 spiro atoms. The van der Waals surface area contributed by atoms with Gasteiger partial charge in [-0.2, -0.15) is 0 Å². The minimum absolute atomic E-state index is 0.245. The number of hydrogen-bond acceptors (Lipinski definition) is 4. The van der Waals surface area contributed by atoms with Crippen LogP contribution in [-0.4, -0.2) is 27.5 Å². The maximum absolute atomic E-state index is 12.9. The molecule has 2 bridgehead atoms. The van der Waals surface area contributed by atoms with Crippen LogP contribution in [0.2, 0.25) is 0 Å². The highest BCUT2D eigenvalue weighted by Crippen LogP contribution is 2.57. The molecule has 130 valence electrons.